The Kier molecular flexibility index (Phi) is 3.76. The number of methoxy groups -OCH3 is 1. The number of nitrogens with one attached hydrogen (secondary N) is 1. The van der Waals surface area contributed by atoms with Crippen molar-refractivity contribution in [3.63, 3.8) is 0 Å². The molecule has 1 heterocycles. The Morgan fingerprint density at radius 1 is 1.32 bits per heavy atom. The quantitative estimate of drug-likeness (QED) is 0.880. The monoisotopic (exact) mass is 260 g/mol. The normalized spacial score (nSPS) is 27.7. The first-order chi connectivity index (χ1) is 9.30. The van der Waals surface area contributed by atoms with Crippen molar-refractivity contribution in [3.05, 3.63) is 29.8 Å². The second kappa shape index (κ2) is 5.51. The SMILES string of the molecule is CNC(CN1CC2CCC1C2)c1ccc(OC)cc1. The molecule has 1 saturated heterocycles. The van der Waals surface area contributed by atoms with Gasteiger partial charge in [-0.3, -0.25) is 4.90 Å². The number of fused-ring (bicyclic) bond motifs is 2. The molecule has 0 radical (unpaired) electrons. The molecule has 2 fully saturated rings. The van der Waals surface area contributed by atoms with Crippen LogP contribution in [-0.4, -0.2) is 38.2 Å². The van der Waals surface area contributed by atoms with Gasteiger partial charge >= 0.3 is 0 Å². The fourth-order valence-electron chi connectivity index (χ4n) is 3.68. The highest BCUT2D eigenvalue weighted by Crippen LogP contribution is 2.38. The number of likely N-dealkylation sites (N-methyl/N-ethyl adjacent to an activating group) is 1. The molecule has 1 saturated carbocycles. The van der Waals surface area contributed by atoms with Crippen molar-refractivity contribution in [2.75, 3.05) is 27.2 Å². The number of ether oxygens (including phenoxy) is 1. The summed E-state index contributed by atoms with van der Waals surface area (Å²) in [6.45, 7) is 2.43. The lowest BCUT2D eigenvalue weighted by Crippen LogP contribution is -2.38. The van der Waals surface area contributed by atoms with Crippen LogP contribution in [0.4, 0.5) is 0 Å². The van der Waals surface area contributed by atoms with E-state index < -0.39 is 0 Å². The first-order valence-electron chi connectivity index (χ1n) is 7.35. The first-order valence-corrected chi connectivity index (χ1v) is 7.35. The maximum atomic E-state index is 5.23. The van der Waals surface area contributed by atoms with Gasteiger partial charge in [-0.05, 0) is 49.9 Å². The van der Waals surface area contributed by atoms with Crippen molar-refractivity contribution < 1.29 is 4.74 Å². The molecule has 3 heteroatoms. The predicted molar refractivity (Wildman–Crippen MR) is 77.5 cm³/mol. The van der Waals surface area contributed by atoms with Crippen LogP contribution in [-0.2, 0) is 0 Å². The lowest BCUT2D eigenvalue weighted by Gasteiger charge is -2.31. The van der Waals surface area contributed by atoms with Gasteiger partial charge in [-0.25, -0.2) is 0 Å². The average molecular weight is 260 g/mol. The minimum absolute atomic E-state index is 0.422. The van der Waals surface area contributed by atoms with Gasteiger partial charge in [0.05, 0.1) is 7.11 Å². The number of hydrogen-bond donors (Lipinski definition) is 1. The topological polar surface area (TPSA) is 24.5 Å². The van der Waals surface area contributed by atoms with Crippen molar-refractivity contribution in [3.8, 4) is 5.75 Å². The zero-order valence-electron chi connectivity index (χ0n) is 11.9. The molecule has 3 unspecified atom stereocenters. The zero-order chi connectivity index (χ0) is 13.2. The average Bonchev–Trinajstić information content (AvgIpc) is 3.07. The van der Waals surface area contributed by atoms with E-state index in [4.69, 9.17) is 4.74 Å². The predicted octanol–water partition coefficient (Wildman–Crippen LogP) is 2.44. The molecule has 1 N–H and O–H groups in total. The van der Waals surface area contributed by atoms with E-state index in [9.17, 15) is 0 Å². The summed E-state index contributed by atoms with van der Waals surface area (Å²) in [7, 11) is 3.77. The van der Waals surface area contributed by atoms with Gasteiger partial charge in [-0.15, -0.1) is 0 Å². The fraction of sp³-hybridized carbons (Fsp3) is 0.625. The van der Waals surface area contributed by atoms with E-state index in [0.717, 1.165) is 24.3 Å². The molecule has 19 heavy (non-hydrogen) atoms. The number of nitrogens with zero attached hydrogens (tertiary/aromatic N) is 1. The van der Waals surface area contributed by atoms with Crippen LogP contribution in [0.15, 0.2) is 24.3 Å². The molecule has 3 rings (SSSR count). The Balaban J connectivity index is 1.66. The summed E-state index contributed by atoms with van der Waals surface area (Å²) in [4.78, 5) is 2.68. The van der Waals surface area contributed by atoms with E-state index in [2.05, 4.69) is 41.5 Å². The third-order valence-electron chi connectivity index (χ3n) is 4.81. The molecule has 0 aromatic heterocycles. The summed E-state index contributed by atoms with van der Waals surface area (Å²) < 4.78 is 5.23. The molecule has 3 atom stereocenters. The summed E-state index contributed by atoms with van der Waals surface area (Å²) in [5.74, 6) is 1.90. The van der Waals surface area contributed by atoms with Crippen LogP contribution in [0.5, 0.6) is 5.75 Å². The van der Waals surface area contributed by atoms with Crippen LogP contribution in [0.3, 0.4) is 0 Å². The summed E-state index contributed by atoms with van der Waals surface area (Å²) >= 11 is 0. The minimum Gasteiger partial charge on any atom is -0.497 e. The Bertz CT molecular complexity index is 417. The van der Waals surface area contributed by atoms with Crippen LogP contribution < -0.4 is 10.1 Å². The number of piperidine rings is 1. The van der Waals surface area contributed by atoms with Crippen LogP contribution in [0.1, 0.15) is 30.9 Å². The van der Waals surface area contributed by atoms with Gasteiger partial charge in [0.15, 0.2) is 0 Å². The molecule has 0 spiro atoms. The number of hydrogen-bond acceptors (Lipinski definition) is 3. The number of likely N-dealkylation sites (tertiary alicyclic amines) is 1. The first kappa shape index (κ1) is 12.9. The molecule has 2 aliphatic rings. The van der Waals surface area contributed by atoms with E-state index in [0.29, 0.717) is 6.04 Å². The molecule has 1 aliphatic heterocycles. The van der Waals surface area contributed by atoms with E-state index in [1.807, 2.05) is 0 Å². The maximum absolute atomic E-state index is 5.23. The highest BCUT2D eigenvalue weighted by Gasteiger charge is 2.38. The molecule has 1 aliphatic carbocycles. The second-order valence-electron chi connectivity index (χ2n) is 5.90. The third kappa shape index (κ3) is 2.63. The Hall–Kier alpha value is -1.06. The van der Waals surface area contributed by atoms with Gasteiger partial charge in [0.25, 0.3) is 0 Å². The van der Waals surface area contributed by atoms with E-state index in [1.54, 1.807) is 7.11 Å². The highest BCUT2D eigenvalue weighted by atomic mass is 16.5. The zero-order valence-corrected chi connectivity index (χ0v) is 11.9. The molecule has 3 nitrogen and oxygen atoms in total. The molecule has 2 bridgehead atoms. The fourth-order valence-corrected chi connectivity index (χ4v) is 3.68. The lowest BCUT2D eigenvalue weighted by atomic mass is 10.0. The van der Waals surface area contributed by atoms with Crippen LogP contribution in [0, 0.1) is 5.92 Å². The molecule has 0 amide bonds. The minimum atomic E-state index is 0.422. The standard InChI is InChI=1S/C16H24N2O/c1-17-16(13-4-7-15(19-2)8-5-13)11-18-10-12-3-6-14(18)9-12/h4-5,7-8,12,14,16-17H,3,6,9-11H2,1-2H3. The Labute approximate surface area is 115 Å². The Morgan fingerprint density at radius 3 is 2.63 bits per heavy atom. The smallest absolute Gasteiger partial charge is 0.118 e. The summed E-state index contributed by atoms with van der Waals surface area (Å²) in [6.07, 6.45) is 4.29. The molecule has 1 aromatic rings. The second-order valence-corrected chi connectivity index (χ2v) is 5.90. The van der Waals surface area contributed by atoms with E-state index in [-0.39, 0.29) is 0 Å². The van der Waals surface area contributed by atoms with Crippen molar-refractivity contribution in [1.82, 2.24) is 10.2 Å². The summed E-state index contributed by atoms with van der Waals surface area (Å²) in [5.41, 5.74) is 1.35. The van der Waals surface area contributed by atoms with Gasteiger partial charge in [0, 0.05) is 25.2 Å². The van der Waals surface area contributed by atoms with Crippen LogP contribution >= 0.6 is 0 Å². The highest BCUT2D eigenvalue weighted by molar-refractivity contribution is 5.29. The molecular formula is C16H24N2O. The summed E-state index contributed by atoms with van der Waals surface area (Å²) in [6, 6.07) is 9.72. The van der Waals surface area contributed by atoms with Gasteiger partial charge in [0.1, 0.15) is 5.75 Å². The van der Waals surface area contributed by atoms with Gasteiger partial charge in [-0.1, -0.05) is 12.1 Å². The molecular weight excluding hydrogens is 236 g/mol. The molecule has 1 aromatic carbocycles. The van der Waals surface area contributed by atoms with Crippen molar-refractivity contribution in [2.24, 2.45) is 5.92 Å². The van der Waals surface area contributed by atoms with E-state index >= 15 is 0 Å². The van der Waals surface area contributed by atoms with Gasteiger partial charge in [0.2, 0.25) is 0 Å². The van der Waals surface area contributed by atoms with Crippen molar-refractivity contribution in [1.29, 1.82) is 0 Å². The molecule has 104 valence electrons. The third-order valence-corrected chi connectivity index (χ3v) is 4.81. The van der Waals surface area contributed by atoms with E-state index in [1.165, 1.54) is 31.4 Å². The van der Waals surface area contributed by atoms with Gasteiger partial charge < -0.3 is 10.1 Å². The Morgan fingerprint density at radius 2 is 2.11 bits per heavy atom. The van der Waals surface area contributed by atoms with Crippen LogP contribution in [0.25, 0.3) is 0 Å². The van der Waals surface area contributed by atoms with Gasteiger partial charge in [-0.2, -0.15) is 0 Å². The van der Waals surface area contributed by atoms with Crippen LogP contribution in [0.2, 0.25) is 0 Å². The largest absolute Gasteiger partial charge is 0.497 e. The maximum Gasteiger partial charge on any atom is 0.118 e. The number of benzene rings is 1. The van der Waals surface area contributed by atoms with Crippen molar-refractivity contribution in [2.45, 2.75) is 31.3 Å². The number of rotatable bonds is 5. The summed E-state index contributed by atoms with van der Waals surface area (Å²) in [5, 5.41) is 3.46. The lowest BCUT2D eigenvalue weighted by molar-refractivity contribution is 0.194. The van der Waals surface area contributed by atoms with Crippen molar-refractivity contribution >= 4 is 0 Å².